The second-order valence-corrected chi connectivity index (χ2v) is 5.15. The molecule has 2 rings (SSSR count). The summed E-state index contributed by atoms with van der Waals surface area (Å²) in [5.74, 6) is 2.83. The molecule has 2 aromatic rings. The van der Waals surface area contributed by atoms with Crippen LogP contribution in [0.4, 0.5) is 0 Å². The smallest absolute Gasteiger partial charge is 0.412 e. The first-order chi connectivity index (χ1) is 9.46. The van der Waals surface area contributed by atoms with Crippen LogP contribution in [-0.2, 0) is 43.4 Å². The molecule has 3 heteroatoms. The summed E-state index contributed by atoms with van der Waals surface area (Å²) in [5.41, 5.74) is 0. The largest absolute Gasteiger partial charge is 3.00 e. The molecule has 0 spiro atoms. The molecule has 0 bridgehead atoms. The van der Waals surface area contributed by atoms with E-state index in [2.05, 4.69) is 53.7 Å². The van der Waals surface area contributed by atoms with Gasteiger partial charge in [-0.15, -0.1) is 0 Å². The zero-order valence-electron chi connectivity index (χ0n) is 17.3. The maximum atomic E-state index is 2.89. The molecule has 0 saturated carbocycles. The Kier molecular flexibility index (Phi) is 69.3. The van der Waals surface area contributed by atoms with Crippen molar-refractivity contribution in [2.75, 3.05) is 0 Å². The fourth-order valence-electron chi connectivity index (χ4n) is 0.684. The Morgan fingerprint density at radius 1 is 0.480 bits per heavy atom. The van der Waals surface area contributed by atoms with E-state index in [-0.39, 0.29) is 63.8 Å². The van der Waals surface area contributed by atoms with Crippen LogP contribution in [0.15, 0.2) is 60.7 Å². The van der Waals surface area contributed by atoms with Crippen LogP contribution in [0.3, 0.4) is 0 Å². The molecule has 0 aromatic heterocycles. The van der Waals surface area contributed by atoms with Crippen molar-refractivity contribution in [3.05, 3.63) is 99.5 Å². The molecular weight excluding hydrogens is 376 g/mol. The molecule has 1 nitrogen and oxygen atoms in total. The normalized spacial score (nSPS) is 6.72. The van der Waals surface area contributed by atoms with Crippen molar-refractivity contribution in [1.29, 1.82) is 0 Å². The van der Waals surface area contributed by atoms with Gasteiger partial charge in [-0.25, -0.2) is 0 Å². The molecule has 0 saturated heterocycles. The van der Waals surface area contributed by atoms with Crippen LogP contribution in [-0.4, -0.2) is 5.48 Å². The third-order valence-electron chi connectivity index (χ3n) is 1.21. The molecule has 2 radical (unpaired) electrons. The van der Waals surface area contributed by atoms with Crippen LogP contribution in [0, 0.1) is 38.8 Å². The Morgan fingerprint density at radius 2 is 0.640 bits per heavy atom. The van der Waals surface area contributed by atoms with Crippen molar-refractivity contribution in [1.82, 2.24) is 0 Å². The first-order valence-electron chi connectivity index (χ1n) is 6.82. The molecule has 138 valence electrons. The maximum absolute atomic E-state index is 2.89. The Hall–Kier alpha value is -0.171. The summed E-state index contributed by atoms with van der Waals surface area (Å²) in [7, 11) is 0. The van der Waals surface area contributed by atoms with E-state index >= 15 is 0 Å². The van der Waals surface area contributed by atoms with Gasteiger partial charge in [-0.05, 0) is 0 Å². The van der Waals surface area contributed by atoms with Gasteiger partial charge in [0.25, 0.3) is 0 Å². The van der Waals surface area contributed by atoms with E-state index in [1.165, 1.54) is 11.8 Å². The van der Waals surface area contributed by atoms with Crippen LogP contribution in [0.25, 0.3) is 0 Å². The van der Waals surface area contributed by atoms with Gasteiger partial charge >= 0.3 is 43.4 Å². The van der Waals surface area contributed by atoms with Crippen molar-refractivity contribution < 1.29 is 48.9 Å². The Morgan fingerprint density at radius 3 is 0.680 bits per heavy atom. The molecule has 0 unspecified atom stereocenters. The predicted octanol–water partition coefficient (Wildman–Crippen LogP) is 6.29. The van der Waals surface area contributed by atoms with Gasteiger partial charge in [0, 0.05) is 0 Å². The molecule has 25 heavy (non-hydrogen) atoms. The van der Waals surface area contributed by atoms with Crippen molar-refractivity contribution >= 4 is 0 Å². The third-order valence-corrected chi connectivity index (χ3v) is 1.21. The average molecular weight is 412 g/mol. The summed E-state index contributed by atoms with van der Waals surface area (Å²) in [6.07, 6.45) is 0. The summed E-state index contributed by atoms with van der Waals surface area (Å²) in [6.45, 7) is 12.5. The zero-order valence-corrected chi connectivity index (χ0v) is 20.4. The summed E-state index contributed by atoms with van der Waals surface area (Å²) in [4.78, 5) is 0. The summed E-state index contributed by atoms with van der Waals surface area (Å²) < 4.78 is 0. The second-order valence-electron chi connectivity index (χ2n) is 5.15. The molecule has 0 aliphatic carbocycles. The quantitative estimate of drug-likeness (QED) is 0.360. The Balaban J connectivity index is -0.0000000330. The van der Waals surface area contributed by atoms with Crippen molar-refractivity contribution in [2.24, 2.45) is 0 Å². The van der Waals surface area contributed by atoms with Crippen LogP contribution >= 0.6 is 0 Å². The molecule has 0 atom stereocenters. The van der Waals surface area contributed by atoms with Crippen LogP contribution in [0.5, 0.6) is 0 Å². The van der Waals surface area contributed by atoms with Crippen LogP contribution in [0.2, 0.25) is 0 Å². The number of hydrogen-bond donors (Lipinski definition) is 0. The average Bonchev–Trinajstić information content (AvgIpc) is 2.42. The Bertz CT molecular complexity index is 254. The fraction of sp³-hybridized carbons (Fsp3) is 0.273. The molecule has 0 aliphatic heterocycles. The van der Waals surface area contributed by atoms with Gasteiger partial charge in [-0.1, -0.05) is 0 Å². The third kappa shape index (κ3) is 81.1. The van der Waals surface area contributed by atoms with E-state index < -0.39 is 0 Å². The number of hydrogen-bond acceptors (Lipinski definition) is 0. The fourth-order valence-corrected chi connectivity index (χ4v) is 0.684. The molecule has 2 N–H and O–H groups in total. The van der Waals surface area contributed by atoms with E-state index in [0.29, 0.717) is 0 Å². The second kappa shape index (κ2) is 39.1. The van der Waals surface area contributed by atoms with E-state index in [4.69, 9.17) is 0 Å². The summed E-state index contributed by atoms with van der Waals surface area (Å²) >= 11 is 0. The Labute approximate surface area is 189 Å². The van der Waals surface area contributed by atoms with Gasteiger partial charge in [0.15, 0.2) is 0 Å². The van der Waals surface area contributed by atoms with Gasteiger partial charge in [-0.3, -0.25) is 0 Å². The van der Waals surface area contributed by atoms with Gasteiger partial charge in [-0.2, -0.15) is 114 Å². The minimum absolute atomic E-state index is 0. The standard InChI is InChI=1S/2C6H5.2C4H9.2CH3.H2O.2Ti/c2*1-2-4-6-5-3-1;2*1-4(2)3;;;;;/h2*1-5H;2*1-3H3;2*1H3;1H2;;/q6*-1;;2*+3. The zero-order chi connectivity index (χ0) is 15.6. The number of benzene rings is 2. The minimum atomic E-state index is 0. The molecule has 0 fully saturated rings. The van der Waals surface area contributed by atoms with Crippen LogP contribution in [0.1, 0.15) is 41.5 Å². The topological polar surface area (TPSA) is 31.5 Å². The first kappa shape index (κ1) is 44.4. The van der Waals surface area contributed by atoms with Gasteiger partial charge in [0.05, 0.1) is 0 Å². The summed E-state index contributed by atoms with van der Waals surface area (Å²) in [5, 5.41) is 0. The maximum Gasteiger partial charge on any atom is 3.00 e. The van der Waals surface area contributed by atoms with Gasteiger partial charge in [0.1, 0.15) is 0 Å². The van der Waals surface area contributed by atoms with E-state index in [1.807, 2.05) is 60.7 Å². The molecular formula is C22H36OTi2. The number of rotatable bonds is 0. The van der Waals surface area contributed by atoms with Gasteiger partial charge in [0.2, 0.25) is 0 Å². The van der Waals surface area contributed by atoms with E-state index in [9.17, 15) is 0 Å². The van der Waals surface area contributed by atoms with E-state index in [0.717, 1.165) is 0 Å². The van der Waals surface area contributed by atoms with E-state index in [1.54, 1.807) is 0 Å². The van der Waals surface area contributed by atoms with Crippen molar-refractivity contribution in [2.45, 2.75) is 41.5 Å². The molecule has 0 amide bonds. The van der Waals surface area contributed by atoms with Gasteiger partial charge < -0.3 is 32.2 Å². The monoisotopic (exact) mass is 412 g/mol. The molecule has 0 aliphatic rings. The predicted molar refractivity (Wildman–Crippen MR) is 108 cm³/mol. The molecule has 2 aromatic carbocycles. The minimum Gasteiger partial charge on any atom is -0.412 e. The van der Waals surface area contributed by atoms with Crippen molar-refractivity contribution in [3.8, 4) is 0 Å². The molecule has 0 heterocycles. The first-order valence-corrected chi connectivity index (χ1v) is 6.82. The van der Waals surface area contributed by atoms with Crippen LogP contribution < -0.4 is 0 Å². The SMILES string of the molecule is C[C-](C)C.C[C-](C)C.O.[CH3-].[CH3-].[Ti+3].[Ti+3].[c-]1ccccc1.[c-]1ccccc1. The summed E-state index contributed by atoms with van der Waals surface area (Å²) in [6, 6.07) is 25.0. The van der Waals surface area contributed by atoms with Crippen molar-refractivity contribution in [3.63, 3.8) is 0 Å².